The Kier molecular flexibility index (Phi) is 3.04. The van der Waals surface area contributed by atoms with E-state index >= 15 is 0 Å². The molecular formula is C15H21NO2. The van der Waals surface area contributed by atoms with E-state index in [1.165, 1.54) is 5.56 Å². The second kappa shape index (κ2) is 4.56. The SMILES string of the molecule is CN1CCCC(O)(c2cccc3c2OCCC3)C1. The fourth-order valence-corrected chi connectivity index (χ4v) is 3.22. The maximum absolute atomic E-state index is 10.9. The van der Waals surface area contributed by atoms with Crippen molar-refractivity contribution in [2.75, 3.05) is 26.7 Å². The van der Waals surface area contributed by atoms with Crippen LogP contribution in [-0.2, 0) is 12.0 Å². The van der Waals surface area contributed by atoms with E-state index in [4.69, 9.17) is 4.74 Å². The Balaban J connectivity index is 2.00. The topological polar surface area (TPSA) is 32.7 Å². The Hall–Kier alpha value is -1.06. The van der Waals surface area contributed by atoms with Gasteiger partial charge in [-0.25, -0.2) is 0 Å². The van der Waals surface area contributed by atoms with Crippen molar-refractivity contribution < 1.29 is 9.84 Å². The van der Waals surface area contributed by atoms with Crippen LogP contribution in [0.3, 0.4) is 0 Å². The molecule has 3 rings (SSSR count). The Morgan fingerprint density at radius 1 is 1.33 bits per heavy atom. The highest BCUT2D eigenvalue weighted by Gasteiger charge is 2.37. The first-order valence-electron chi connectivity index (χ1n) is 6.85. The van der Waals surface area contributed by atoms with E-state index in [9.17, 15) is 5.11 Å². The van der Waals surface area contributed by atoms with Crippen molar-refractivity contribution in [3.05, 3.63) is 29.3 Å². The molecule has 1 aromatic carbocycles. The van der Waals surface area contributed by atoms with E-state index in [-0.39, 0.29) is 0 Å². The van der Waals surface area contributed by atoms with Crippen molar-refractivity contribution in [3.63, 3.8) is 0 Å². The molecule has 0 aromatic heterocycles. The number of likely N-dealkylation sites (N-methyl/N-ethyl adjacent to an activating group) is 1. The van der Waals surface area contributed by atoms with Crippen LogP contribution in [0.1, 0.15) is 30.4 Å². The van der Waals surface area contributed by atoms with Gasteiger partial charge in [0.25, 0.3) is 0 Å². The average Bonchev–Trinajstić information content (AvgIpc) is 2.38. The third kappa shape index (κ3) is 2.02. The van der Waals surface area contributed by atoms with Gasteiger partial charge in [-0.1, -0.05) is 18.2 Å². The first kappa shape index (κ1) is 12.0. The predicted molar refractivity (Wildman–Crippen MR) is 70.9 cm³/mol. The second-order valence-corrected chi connectivity index (χ2v) is 5.62. The van der Waals surface area contributed by atoms with Gasteiger partial charge in [0.2, 0.25) is 0 Å². The minimum absolute atomic E-state index is 0.701. The number of hydrogen-bond donors (Lipinski definition) is 1. The van der Waals surface area contributed by atoms with Gasteiger partial charge in [0, 0.05) is 12.1 Å². The summed E-state index contributed by atoms with van der Waals surface area (Å²) < 4.78 is 5.83. The van der Waals surface area contributed by atoms with Gasteiger partial charge >= 0.3 is 0 Å². The number of para-hydroxylation sites is 1. The summed E-state index contributed by atoms with van der Waals surface area (Å²) in [5.74, 6) is 0.946. The molecule has 0 spiro atoms. The molecular weight excluding hydrogens is 226 g/mol. The van der Waals surface area contributed by atoms with Crippen molar-refractivity contribution >= 4 is 0 Å². The molecule has 1 atom stereocenters. The molecule has 1 saturated heterocycles. The summed E-state index contributed by atoms with van der Waals surface area (Å²) in [4.78, 5) is 2.20. The normalized spacial score (nSPS) is 28.6. The van der Waals surface area contributed by atoms with Gasteiger partial charge in [-0.15, -0.1) is 0 Å². The number of aliphatic hydroxyl groups is 1. The lowest BCUT2D eigenvalue weighted by molar-refractivity contribution is -0.0299. The number of hydrogen-bond acceptors (Lipinski definition) is 3. The monoisotopic (exact) mass is 247 g/mol. The molecule has 2 aliphatic heterocycles. The third-order valence-corrected chi connectivity index (χ3v) is 4.10. The van der Waals surface area contributed by atoms with Gasteiger partial charge in [0.05, 0.1) is 6.61 Å². The van der Waals surface area contributed by atoms with Gasteiger partial charge in [0.1, 0.15) is 11.4 Å². The summed E-state index contributed by atoms with van der Waals surface area (Å²) in [7, 11) is 2.07. The number of β-amino-alcohol motifs (C(OH)–C–C–N with tert-alkyl or cyclic N) is 1. The second-order valence-electron chi connectivity index (χ2n) is 5.62. The number of ether oxygens (including phenoxy) is 1. The molecule has 3 heteroatoms. The largest absolute Gasteiger partial charge is 0.493 e. The molecule has 0 amide bonds. The van der Waals surface area contributed by atoms with E-state index < -0.39 is 5.60 Å². The molecule has 98 valence electrons. The maximum atomic E-state index is 10.9. The molecule has 1 unspecified atom stereocenters. The number of fused-ring (bicyclic) bond motifs is 1. The summed E-state index contributed by atoms with van der Waals surface area (Å²) in [5, 5.41) is 10.9. The van der Waals surface area contributed by atoms with Crippen LogP contribution in [0.25, 0.3) is 0 Å². The number of likely N-dealkylation sites (tertiary alicyclic amines) is 1. The Labute approximate surface area is 108 Å². The number of rotatable bonds is 1. The first-order chi connectivity index (χ1) is 8.69. The van der Waals surface area contributed by atoms with E-state index in [2.05, 4.69) is 24.1 Å². The van der Waals surface area contributed by atoms with Crippen LogP contribution in [0.5, 0.6) is 5.75 Å². The van der Waals surface area contributed by atoms with E-state index in [1.807, 2.05) is 6.07 Å². The molecule has 0 saturated carbocycles. The minimum Gasteiger partial charge on any atom is -0.493 e. The number of aryl methyl sites for hydroxylation is 1. The fourth-order valence-electron chi connectivity index (χ4n) is 3.22. The zero-order valence-electron chi connectivity index (χ0n) is 11.0. The lowest BCUT2D eigenvalue weighted by Crippen LogP contribution is -2.44. The molecule has 3 nitrogen and oxygen atoms in total. The van der Waals surface area contributed by atoms with E-state index in [1.54, 1.807) is 0 Å². The molecule has 2 aliphatic rings. The summed E-state index contributed by atoms with van der Waals surface area (Å²) in [6.45, 7) is 2.54. The van der Waals surface area contributed by atoms with Crippen molar-refractivity contribution in [1.29, 1.82) is 0 Å². The van der Waals surface area contributed by atoms with Crippen LogP contribution < -0.4 is 4.74 Å². The van der Waals surface area contributed by atoms with Crippen molar-refractivity contribution in [2.24, 2.45) is 0 Å². The lowest BCUT2D eigenvalue weighted by atomic mass is 9.83. The fraction of sp³-hybridized carbons (Fsp3) is 0.600. The number of piperidine rings is 1. The highest BCUT2D eigenvalue weighted by molar-refractivity contribution is 5.46. The van der Waals surface area contributed by atoms with E-state index in [0.29, 0.717) is 6.54 Å². The van der Waals surface area contributed by atoms with Gasteiger partial charge < -0.3 is 14.7 Å². The van der Waals surface area contributed by atoms with Crippen LogP contribution in [-0.4, -0.2) is 36.8 Å². The standard InChI is InChI=1S/C15H21NO2/c1-16-9-4-8-15(17,11-16)13-7-2-5-12-6-3-10-18-14(12)13/h2,5,7,17H,3-4,6,8-11H2,1H3. The highest BCUT2D eigenvalue weighted by atomic mass is 16.5. The molecule has 0 radical (unpaired) electrons. The third-order valence-electron chi connectivity index (χ3n) is 4.10. The quantitative estimate of drug-likeness (QED) is 0.823. The van der Waals surface area contributed by atoms with E-state index in [0.717, 1.165) is 50.1 Å². The van der Waals surface area contributed by atoms with Gasteiger partial charge in [-0.05, 0) is 44.8 Å². The minimum atomic E-state index is -0.740. The molecule has 1 N–H and O–H groups in total. The van der Waals surface area contributed by atoms with Crippen LogP contribution in [0.2, 0.25) is 0 Å². The Bertz CT molecular complexity index is 446. The molecule has 0 aliphatic carbocycles. The predicted octanol–water partition coefficient (Wildman–Crippen LogP) is 1.92. The van der Waals surface area contributed by atoms with Crippen LogP contribution in [0.15, 0.2) is 18.2 Å². The molecule has 2 heterocycles. The van der Waals surface area contributed by atoms with Crippen LogP contribution >= 0.6 is 0 Å². The lowest BCUT2D eigenvalue weighted by Gasteiger charge is -2.39. The van der Waals surface area contributed by atoms with Crippen molar-refractivity contribution in [2.45, 2.75) is 31.3 Å². The Morgan fingerprint density at radius 2 is 2.22 bits per heavy atom. The van der Waals surface area contributed by atoms with Gasteiger partial charge in [-0.2, -0.15) is 0 Å². The summed E-state index contributed by atoms with van der Waals surface area (Å²) in [5.41, 5.74) is 1.50. The summed E-state index contributed by atoms with van der Waals surface area (Å²) >= 11 is 0. The molecule has 1 fully saturated rings. The zero-order valence-corrected chi connectivity index (χ0v) is 11.0. The summed E-state index contributed by atoms with van der Waals surface area (Å²) in [6, 6.07) is 6.20. The van der Waals surface area contributed by atoms with Crippen LogP contribution in [0, 0.1) is 0 Å². The summed E-state index contributed by atoms with van der Waals surface area (Å²) in [6.07, 6.45) is 4.01. The Morgan fingerprint density at radius 3 is 3.06 bits per heavy atom. The van der Waals surface area contributed by atoms with Gasteiger partial charge in [-0.3, -0.25) is 0 Å². The number of nitrogens with zero attached hydrogens (tertiary/aromatic N) is 1. The highest BCUT2D eigenvalue weighted by Crippen LogP contribution is 2.40. The average molecular weight is 247 g/mol. The smallest absolute Gasteiger partial charge is 0.128 e. The molecule has 1 aromatic rings. The van der Waals surface area contributed by atoms with Crippen LogP contribution in [0.4, 0.5) is 0 Å². The van der Waals surface area contributed by atoms with Gasteiger partial charge in [0.15, 0.2) is 0 Å². The zero-order chi connectivity index (χ0) is 12.6. The first-order valence-corrected chi connectivity index (χ1v) is 6.85. The molecule has 0 bridgehead atoms. The van der Waals surface area contributed by atoms with Crippen molar-refractivity contribution in [1.82, 2.24) is 4.90 Å². The molecule has 18 heavy (non-hydrogen) atoms. The number of benzene rings is 1. The maximum Gasteiger partial charge on any atom is 0.128 e. The van der Waals surface area contributed by atoms with Crippen molar-refractivity contribution in [3.8, 4) is 5.75 Å².